The quantitative estimate of drug-likeness (QED) is 0.826. The summed E-state index contributed by atoms with van der Waals surface area (Å²) in [7, 11) is 0. The van der Waals surface area contributed by atoms with E-state index in [4.69, 9.17) is 9.47 Å². The van der Waals surface area contributed by atoms with Crippen molar-refractivity contribution in [2.75, 3.05) is 6.61 Å². The lowest BCUT2D eigenvalue weighted by Crippen LogP contribution is -2.50. The minimum absolute atomic E-state index is 0.0103. The van der Waals surface area contributed by atoms with Crippen molar-refractivity contribution in [3.05, 3.63) is 29.8 Å². The molecule has 2 fully saturated rings. The Balaban J connectivity index is 1.62. The maximum absolute atomic E-state index is 11.9. The highest BCUT2D eigenvalue weighted by Gasteiger charge is 2.46. The molecule has 1 N–H and O–H groups in total. The Bertz CT molecular complexity index is 520. The molecule has 1 saturated carbocycles. The van der Waals surface area contributed by atoms with Gasteiger partial charge in [0.05, 0.1) is 12.6 Å². The summed E-state index contributed by atoms with van der Waals surface area (Å²) >= 11 is 0. The summed E-state index contributed by atoms with van der Waals surface area (Å²) in [6.07, 6.45) is 4.05. The van der Waals surface area contributed by atoms with Gasteiger partial charge in [0.25, 0.3) is 5.91 Å². The van der Waals surface area contributed by atoms with E-state index in [1.54, 1.807) is 0 Å². The molecule has 2 aliphatic heterocycles. The van der Waals surface area contributed by atoms with Gasteiger partial charge in [0.1, 0.15) is 11.4 Å². The summed E-state index contributed by atoms with van der Waals surface area (Å²) < 4.78 is 11.2. The van der Waals surface area contributed by atoms with Gasteiger partial charge in [0, 0.05) is 12.0 Å². The van der Waals surface area contributed by atoms with Crippen LogP contribution in [0.3, 0.4) is 0 Å². The van der Waals surface area contributed by atoms with Crippen LogP contribution in [0.15, 0.2) is 24.3 Å². The molecule has 3 aliphatic rings. The third-order valence-corrected chi connectivity index (χ3v) is 4.40. The van der Waals surface area contributed by atoms with Gasteiger partial charge >= 0.3 is 0 Å². The average molecular weight is 259 g/mol. The van der Waals surface area contributed by atoms with E-state index in [0.29, 0.717) is 6.61 Å². The van der Waals surface area contributed by atoms with Gasteiger partial charge in [-0.2, -0.15) is 0 Å². The monoisotopic (exact) mass is 259 g/mol. The zero-order chi connectivity index (χ0) is 12.9. The molecule has 2 heterocycles. The number of hydrogen-bond acceptors (Lipinski definition) is 3. The number of nitrogens with one attached hydrogen (secondary N) is 1. The van der Waals surface area contributed by atoms with Crippen molar-refractivity contribution in [2.45, 2.75) is 43.4 Å². The zero-order valence-corrected chi connectivity index (χ0v) is 10.7. The van der Waals surface area contributed by atoms with Crippen LogP contribution in [0.4, 0.5) is 0 Å². The fourth-order valence-corrected chi connectivity index (χ4v) is 3.09. The first-order chi connectivity index (χ1) is 9.26. The van der Waals surface area contributed by atoms with Crippen LogP contribution >= 0.6 is 0 Å². The molecule has 0 bridgehead atoms. The van der Waals surface area contributed by atoms with Crippen LogP contribution in [0.5, 0.6) is 5.75 Å². The molecular formula is C15H17NO3. The van der Waals surface area contributed by atoms with Crippen LogP contribution in [0.2, 0.25) is 0 Å². The highest BCUT2D eigenvalue weighted by atomic mass is 16.6. The van der Waals surface area contributed by atoms with Gasteiger partial charge in [-0.25, -0.2) is 0 Å². The van der Waals surface area contributed by atoms with Crippen molar-refractivity contribution in [3.8, 4) is 5.75 Å². The molecule has 1 aliphatic carbocycles. The van der Waals surface area contributed by atoms with Crippen LogP contribution in [-0.2, 0) is 9.53 Å². The van der Waals surface area contributed by atoms with E-state index >= 15 is 0 Å². The first-order valence-electron chi connectivity index (χ1n) is 6.96. The molecule has 1 amide bonds. The van der Waals surface area contributed by atoms with Crippen molar-refractivity contribution in [1.82, 2.24) is 5.32 Å². The Morgan fingerprint density at radius 1 is 1.32 bits per heavy atom. The number of amides is 1. The fraction of sp³-hybridized carbons (Fsp3) is 0.533. The second kappa shape index (κ2) is 3.97. The van der Waals surface area contributed by atoms with E-state index in [1.807, 2.05) is 24.3 Å². The molecule has 100 valence electrons. The molecular weight excluding hydrogens is 242 g/mol. The summed E-state index contributed by atoms with van der Waals surface area (Å²) in [6, 6.07) is 8.08. The molecule has 0 aromatic heterocycles. The third kappa shape index (κ3) is 1.91. The van der Waals surface area contributed by atoms with E-state index in [9.17, 15) is 4.79 Å². The zero-order valence-electron chi connectivity index (χ0n) is 10.7. The summed E-state index contributed by atoms with van der Waals surface area (Å²) in [5.74, 6) is 0.937. The van der Waals surface area contributed by atoms with Crippen LogP contribution in [0.1, 0.15) is 37.3 Å². The molecule has 4 rings (SSSR count). The minimum atomic E-state index is -0.229. The number of carbonyl (C=O) groups is 1. The van der Waals surface area contributed by atoms with Crippen molar-refractivity contribution in [3.63, 3.8) is 0 Å². The Hall–Kier alpha value is -1.55. The number of carbonyl (C=O) groups excluding carboxylic acids is 1. The third-order valence-electron chi connectivity index (χ3n) is 4.40. The number of ether oxygens (including phenoxy) is 2. The first-order valence-corrected chi connectivity index (χ1v) is 6.96. The Morgan fingerprint density at radius 2 is 2.11 bits per heavy atom. The van der Waals surface area contributed by atoms with Gasteiger partial charge in [0.15, 0.2) is 6.10 Å². The Labute approximate surface area is 112 Å². The van der Waals surface area contributed by atoms with Gasteiger partial charge in [0.2, 0.25) is 0 Å². The predicted molar refractivity (Wildman–Crippen MR) is 68.9 cm³/mol. The second-order valence-corrected chi connectivity index (χ2v) is 5.76. The summed E-state index contributed by atoms with van der Waals surface area (Å²) in [5, 5.41) is 3.12. The molecule has 1 spiro atoms. The first kappa shape index (κ1) is 11.3. The maximum Gasteiger partial charge on any atom is 0.252 e. The smallest absolute Gasteiger partial charge is 0.252 e. The predicted octanol–water partition coefficient (Wildman–Crippen LogP) is 1.95. The molecule has 1 aromatic rings. The van der Waals surface area contributed by atoms with Gasteiger partial charge in [-0.1, -0.05) is 18.2 Å². The van der Waals surface area contributed by atoms with Gasteiger partial charge in [-0.05, 0) is 25.3 Å². The minimum Gasteiger partial charge on any atom is -0.487 e. The molecule has 1 aromatic carbocycles. The van der Waals surface area contributed by atoms with E-state index in [1.165, 1.54) is 6.42 Å². The van der Waals surface area contributed by atoms with Gasteiger partial charge in [-0.15, -0.1) is 0 Å². The number of epoxide rings is 1. The van der Waals surface area contributed by atoms with Gasteiger partial charge < -0.3 is 14.8 Å². The van der Waals surface area contributed by atoms with E-state index in [-0.39, 0.29) is 23.7 Å². The topological polar surface area (TPSA) is 50.9 Å². The van der Waals surface area contributed by atoms with Crippen LogP contribution in [0.25, 0.3) is 0 Å². The number of benzene rings is 1. The Morgan fingerprint density at radius 3 is 2.79 bits per heavy atom. The number of para-hydroxylation sites is 1. The summed E-state index contributed by atoms with van der Waals surface area (Å²) in [6.45, 7) is 0.557. The fourth-order valence-electron chi connectivity index (χ4n) is 3.09. The normalized spacial score (nSPS) is 29.9. The maximum atomic E-state index is 11.9. The summed E-state index contributed by atoms with van der Waals surface area (Å²) in [4.78, 5) is 11.9. The highest BCUT2D eigenvalue weighted by molar-refractivity contribution is 5.83. The largest absolute Gasteiger partial charge is 0.487 e. The van der Waals surface area contributed by atoms with E-state index in [2.05, 4.69) is 5.32 Å². The Kier molecular flexibility index (Phi) is 2.36. The number of rotatable bonds is 2. The lowest BCUT2D eigenvalue weighted by Gasteiger charge is -2.48. The second-order valence-electron chi connectivity index (χ2n) is 5.76. The molecule has 4 heteroatoms. The molecule has 2 unspecified atom stereocenters. The number of fused-ring (bicyclic) bond motifs is 1. The van der Waals surface area contributed by atoms with Crippen molar-refractivity contribution < 1.29 is 14.3 Å². The lowest BCUT2D eigenvalue weighted by molar-refractivity contribution is -0.124. The van der Waals surface area contributed by atoms with Crippen molar-refractivity contribution in [2.24, 2.45) is 0 Å². The average Bonchev–Trinajstić information content (AvgIpc) is 3.21. The highest BCUT2D eigenvalue weighted by Crippen LogP contribution is 2.48. The van der Waals surface area contributed by atoms with Crippen LogP contribution < -0.4 is 10.1 Å². The molecule has 19 heavy (non-hydrogen) atoms. The van der Waals surface area contributed by atoms with E-state index in [0.717, 1.165) is 30.6 Å². The molecule has 1 saturated heterocycles. The molecule has 4 nitrogen and oxygen atoms in total. The molecule has 0 radical (unpaired) electrons. The SMILES string of the molecule is O=C(NC1CC2(CCC2)Oc2ccccc21)C1CO1. The van der Waals surface area contributed by atoms with Crippen LogP contribution in [0, 0.1) is 0 Å². The standard InChI is InChI=1S/C15H17NO3/c17-14(13-9-18-13)16-11-8-15(6-3-7-15)19-12-5-2-1-4-10(11)12/h1-2,4-5,11,13H,3,6-9H2,(H,16,17). The van der Waals surface area contributed by atoms with Crippen molar-refractivity contribution >= 4 is 5.91 Å². The van der Waals surface area contributed by atoms with Gasteiger partial charge in [-0.3, -0.25) is 4.79 Å². The van der Waals surface area contributed by atoms with Crippen molar-refractivity contribution in [1.29, 1.82) is 0 Å². The number of hydrogen-bond donors (Lipinski definition) is 1. The van der Waals surface area contributed by atoms with Crippen LogP contribution in [-0.4, -0.2) is 24.2 Å². The van der Waals surface area contributed by atoms with E-state index < -0.39 is 0 Å². The molecule has 2 atom stereocenters. The summed E-state index contributed by atoms with van der Waals surface area (Å²) in [5.41, 5.74) is 1.05. The lowest BCUT2D eigenvalue weighted by atomic mass is 9.73.